The standard InChI is InChI=1S/C17H21N3O/c1-20(2)16-8-6-15(7-9-16)17(21)19-12-14-5-3-4-13(10-14)11-18/h3-10H,11-12,18H2,1-2H3,(H,19,21). The van der Waals surface area contributed by atoms with E-state index >= 15 is 0 Å². The van der Waals surface area contributed by atoms with Crippen molar-refractivity contribution in [2.45, 2.75) is 13.1 Å². The number of hydrogen-bond donors (Lipinski definition) is 2. The van der Waals surface area contributed by atoms with E-state index in [0.29, 0.717) is 18.7 Å². The van der Waals surface area contributed by atoms with E-state index in [1.54, 1.807) is 0 Å². The molecule has 4 heteroatoms. The van der Waals surface area contributed by atoms with Gasteiger partial charge in [-0.15, -0.1) is 0 Å². The summed E-state index contributed by atoms with van der Waals surface area (Å²) in [5.41, 5.74) is 9.47. The SMILES string of the molecule is CN(C)c1ccc(C(=O)NCc2cccc(CN)c2)cc1. The van der Waals surface area contributed by atoms with Gasteiger partial charge in [0.05, 0.1) is 0 Å². The Labute approximate surface area is 125 Å². The molecule has 3 N–H and O–H groups in total. The van der Waals surface area contributed by atoms with Gasteiger partial charge < -0.3 is 16.0 Å². The van der Waals surface area contributed by atoms with E-state index < -0.39 is 0 Å². The summed E-state index contributed by atoms with van der Waals surface area (Å²) in [6, 6.07) is 15.5. The molecule has 0 aliphatic carbocycles. The topological polar surface area (TPSA) is 58.4 Å². The molecule has 0 spiro atoms. The van der Waals surface area contributed by atoms with Crippen molar-refractivity contribution < 1.29 is 4.79 Å². The van der Waals surface area contributed by atoms with Crippen LogP contribution in [0.5, 0.6) is 0 Å². The highest BCUT2D eigenvalue weighted by molar-refractivity contribution is 5.94. The Balaban J connectivity index is 1.97. The summed E-state index contributed by atoms with van der Waals surface area (Å²) in [7, 11) is 3.94. The summed E-state index contributed by atoms with van der Waals surface area (Å²) in [6.07, 6.45) is 0. The molecule has 0 aliphatic rings. The Morgan fingerprint density at radius 2 is 1.76 bits per heavy atom. The normalized spacial score (nSPS) is 10.2. The van der Waals surface area contributed by atoms with Crippen molar-refractivity contribution in [3.05, 3.63) is 65.2 Å². The molecule has 2 aromatic rings. The van der Waals surface area contributed by atoms with Crippen LogP contribution in [0, 0.1) is 0 Å². The number of carbonyl (C=O) groups is 1. The molecular weight excluding hydrogens is 262 g/mol. The molecule has 0 aliphatic heterocycles. The lowest BCUT2D eigenvalue weighted by Gasteiger charge is -2.12. The summed E-state index contributed by atoms with van der Waals surface area (Å²) in [4.78, 5) is 14.1. The van der Waals surface area contributed by atoms with E-state index in [9.17, 15) is 4.79 Å². The summed E-state index contributed by atoms with van der Waals surface area (Å²) in [5, 5.41) is 2.92. The van der Waals surface area contributed by atoms with Gasteiger partial charge in [0.1, 0.15) is 0 Å². The average Bonchev–Trinajstić information content (AvgIpc) is 2.53. The zero-order chi connectivity index (χ0) is 15.2. The minimum atomic E-state index is -0.0709. The summed E-state index contributed by atoms with van der Waals surface area (Å²) >= 11 is 0. The van der Waals surface area contributed by atoms with Crippen molar-refractivity contribution in [3.8, 4) is 0 Å². The van der Waals surface area contributed by atoms with Crippen molar-refractivity contribution in [1.29, 1.82) is 0 Å². The number of nitrogens with two attached hydrogens (primary N) is 1. The van der Waals surface area contributed by atoms with Gasteiger partial charge in [0, 0.05) is 38.4 Å². The molecule has 0 atom stereocenters. The third kappa shape index (κ3) is 4.07. The molecule has 0 saturated heterocycles. The van der Waals surface area contributed by atoms with Crippen molar-refractivity contribution in [2.24, 2.45) is 5.73 Å². The van der Waals surface area contributed by atoms with Crippen LogP contribution in [0.25, 0.3) is 0 Å². The molecule has 0 saturated carbocycles. The minimum Gasteiger partial charge on any atom is -0.378 e. The highest BCUT2D eigenvalue weighted by Gasteiger charge is 2.05. The van der Waals surface area contributed by atoms with Gasteiger partial charge in [0.2, 0.25) is 0 Å². The first-order chi connectivity index (χ1) is 10.1. The Hall–Kier alpha value is -2.33. The fourth-order valence-electron chi connectivity index (χ4n) is 2.06. The third-order valence-electron chi connectivity index (χ3n) is 3.33. The van der Waals surface area contributed by atoms with Gasteiger partial charge in [0.25, 0.3) is 5.91 Å². The molecule has 0 aromatic heterocycles. The lowest BCUT2D eigenvalue weighted by Crippen LogP contribution is -2.23. The van der Waals surface area contributed by atoms with E-state index in [4.69, 9.17) is 5.73 Å². The average molecular weight is 283 g/mol. The fraction of sp³-hybridized carbons (Fsp3) is 0.235. The Bertz CT molecular complexity index is 606. The third-order valence-corrected chi connectivity index (χ3v) is 3.33. The molecule has 0 bridgehead atoms. The van der Waals surface area contributed by atoms with E-state index in [2.05, 4.69) is 5.32 Å². The Morgan fingerprint density at radius 3 is 2.38 bits per heavy atom. The van der Waals surface area contributed by atoms with Crippen LogP contribution in [-0.4, -0.2) is 20.0 Å². The van der Waals surface area contributed by atoms with Crippen LogP contribution in [0.15, 0.2) is 48.5 Å². The highest BCUT2D eigenvalue weighted by Crippen LogP contribution is 2.12. The monoisotopic (exact) mass is 283 g/mol. The van der Waals surface area contributed by atoms with E-state index in [0.717, 1.165) is 16.8 Å². The van der Waals surface area contributed by atoms with Gasteiger partial charge in [-0.25, -0.2) is 0 Å². The molecule has 0 fully saturated rings. The number of benzene rings is 2. The summed E-state index contributed by atoms with van der Waals surface area (Å²) in [5.74, 6) is -0.0709. The van der Waals surface area contributed by atoms with E-state index in [1.165, 1.54) is 0 Å². The predicted octanol–water partition coefficient (Wildman–Crippen LogP) is 2.14. The molecule has 2 rings (SSSR count). The quantitative estimate of drug-likeness (QED) is 0.884. The van der Waals surface area contributed by atoms with Gasteiger partial charge in [-0.3, -0.25) is 4.79 Å². The number of amides is 1. The highest BCUT2D eigenvalue weighted by atomic mass is 16.1. The smallest absolute Gasteiger partial charge is 0.251 e. The van der Waals surface area contributed by atoms with E-state index in [1.807, 2.05) is 67.5 Å². The van der Waals surface area contributed by atoms with Crippen molar-refractivity contribution in [1.82, 2.24) is 5.32 Å². The van der Waals surface area contributed by atoms with Crippen LogP contribution in [-0.2, 0) is 13.1 Å². The number of anilines is 1. The van der Waals surface area contributed by atoms with Crippen LogP contribution in [0.3, 0.4) is 0 Å². The molecule has 0 unspecified atom stereocenters. The zero-order valence-electron chi connectivity index (χ0n) is 12.5. The van der Waals surface area contributed by atoms with Gasteiger partial charge in [-0.05, 0) is 35.4 Å². The number of nitrogens with one attached hydrogen (secondary N) is 1. The maximum atomic E-state index is 12.1. The van der Waals surface area contributed by atoms with Crippen molar-refractivity contribution in [3.63, 3.8) is 0 Å². The van der Waals surface area contributed by atoms with Crippen LogP contribution >= 0.6 is 0 Å². The number of rotatable bonds is 5. The van der Waals surface area contributed by atoms with Gasteiger partial charge in [-0.2, -0.15) is 0 Å². The molecule has 2 aromatic carbocycles. The summed E-state index contributed by atoms with van der Waals surface area (Å²) < 4.78 is 0. The zero-order valence-corrected chi connectivity index (χ0v) is 12.5. The van der Waals surface area contributed by atoms with Crippen LogP contribution in [0.2, 0.25) is 0 Å². The van der Waals surface area contributed by atoms with Gasteiger partial charge >= 0.3 is 0 Å². The molecule has 0 heterocycles. The Morgan fingerprint density at radius 1 is 1.10 bits per heavy atom. The van der Waals surface area contributed by atoms with Crippen LogP contribution in [0.1, 0.15) is 21.5 Å². The first-order valence-electron chi connectivity index (χ1n) is 6.93. The second-order valence-electron chi connectivity index (χ2n) is 5.15. The molecular formula is C17H21N3O. The fourth-order valence-corrected chi connectivity index (χ4v) is 2.06. The summed E-state index contributed by atoms with van der Waals surface area (Å²) in [6.45, 7) is 1.01. The maximum absolute atomic E-state index is 12.1. The van der Waals surface area contributed by atoms with Crippen LogP contribution < -0.4 is 16.0 Å². The number of hydrogen-bond acceptors (Lipinski definition) is 3. The number of nitrogens with zero attached hydrogens (tertiary/aromatic N) is 1. The number of carbonyl (C=O) groups excluding carboxylic acids is 1. The Kier molecular flexibility index (Phi) is 4.95. The maximum Gasteiger partial charge on any atom is 0.251 e. The van der Waals surface area contributed by atoms with E-state index in [-0.39, 0.29) is 5.91 Å². The van der Waals surface area contributed by atoms with Gasteiger partial charge in [-0.1, -0.05) is 24.3 Å². The van der Waals surface area contributed by atoms with Crippen molar-refractivity contribution in [2.75, 3.05) is 19.0 Å². The lowest BCUT2D eigenvalue weighted by molar-refractivity contribution is 0.0951. The van der Waals surface area contributed by atoms with Gasteiger partial charge in [0.15, 0.2) is 0 Å². The predicted molar refractivity (Wildman–Crippen MR) is 86.3 cm³/mol. The lowest BCUT2D eigenvalue weighted by atomic mass is 10.1. The molecule has 1 amide bonds. The first-order valence-corrected chi connectivity index (χ1v) is 6.93. The van der Waals surface area contributed by atoms with Crippen LogP contribution in [0.4, 0.5) is 5.69 Å². The molecule has 21 heavy (non-hydrogen) atoms. The molecule has 110 valence electrons. The van der Waals surface area contributed by atoms with Crippen molar-refractivity contribution >= 4 is 11.6 Å². The first kappa shape index (κ1) is 15.1. The minimum absolute atomic E-state index is 0.0709. The second-order valence-corrected chi connectivity index (χ2v) is 5.15. The second kappa shape index (κ2) is 6.90. The molecule has 0 radical (unpaired) electrons. The molecule has 4 nitrogen and oxygen atoms in total. The largest absolute Gasteiger partial charge is 0.378 e.